The molecule has 0 fully saturated rings. The fraction of sp³-hybridized carbons (Fsp3) is 0.133. The number of carbonyl (C=O) groups excluding carboxylic acids is 2. The van der Waals surface area contributed by atoms with Crippen molar-refractivity contribution in [1.82, 2.24) is 5.32 Å². The smallest absolute Gasteiger partial charge is 0.259 e. The Hall–Kier alpha value is -3.94. The molecule has 38 heavy (non-hydrogen) atoms. The molecule has 2 amide bonds. The van der Waals surface area contributed by atoms with Crippen LogP contribution >= 0.6 is 11.6 Å². The second kappa shape index (κ2) is 10.4. The summed E-state index contributed by atoms with van der Waals surface area (Å²) in [4.78, 5) is 28.1. The summed E-state index contributed by atoms with van der Waals surface area (Å²) < 4.78 is 27.3. The molecule has 1 heterocycles. The van der Waals surface area contributed by atoms with Crippen LogP contribution in [0.25, 0.3) is 0 Å². The number of nitrogens with one attached hydrogen (secondary N) is 1. The first-order valence-electron chi connectivity index (χ1n) is 12.1. The largest absolute Gasteiger partial charge is 0.352 e. The first-order valence-corrected chi connectivity index (χ1v) is 14.0. The molecule has 0 bridgehead atoms. The molecule has 1 aliphatic rings. The summed E-state index contributed by atoms with van der Waals surface area (Å²) in [6.45, 7) is 2.51. The molecule has 0 radical (unpaired) electrons. The van der Waals surface area contributed by atoms with Crippen LogP contribution in [0.1, 0.15) is 37.4 Å². The average Bonchev–Trinajstić information content (AvgIpc) is 2.98. The standard InChI is InChI=1S/C30H25ClN2O4S/c1-20-9-11-21(12-10-20)15-16-32-29(34)23-13-14-28-26(18-23)33(19-22-5-4-6-24(31)17-22)30(35)25-7-2-3-8-27(25)38(28,36)37/h2-14,17-18H,15-16,19H2,1H3,(H,32,34). The predicted octanol–water partition coefficient (Wildman–Crippen LogP) is 5.61. The zero-order valence-electron chi connectivity index (χ0n) is 20.6. The second-order valence-corrected chi connectivity index (χ2v) is 11.5. The quantitative estimate of drug-likeness (QED) is 0.342. The van der Waals surface area contributed by atoms with Crippen LogP contribution in [0.15, 0.2) is 101 Å². The zero-order chi connectivity index (χ0) is 26.9. The van der Waals surface area contributed by atoms with Gasteiger partial charge in [0.25, 0.3) is 11.8 Å². The predicted molar refractivity (Wildman–Crippen MR) is 148 cm³/mol. The Labute approximate surface area is 226 Å². The summed E-state index contributed by atoms with van der Waals surface area (Å²) in [5, 5.41) is 3.40. The molecule has 192 valence electrons. The SMILES string of the molecule is Cc1ccc(CCNC(=O)c2ccc3c(c2)N(Cc2cccc(Cl)c2)C(=O)c2ccccc2S3(=O)=O)cc1. The maximum absolute atomic E-state index is 13.7. The van der Waals surface area contributed by atoms with Crippen molar-refractivity contribution >= 4 is 38.9 Å². The van der Waals surface area contributed by atoms with E-state index in [4.69, 9.17) is 11.6 Å². The summed E-state index contributed by atoms with van der Waals surface area (Å²) in [5.41, 5.74) is 3.48. The number of sulfone groups is 1. The van der Waals surface area contributed by atoms with Gasteiger partial charge in [-0.15, -0.1) is 0 Å². The van der Waals surface area contributed by atoms with Crippen molar-refractivity contribution in [2.24, 2.45) is 0 Å². The third kappa shape index (κ3) is 5.08. The molecule has 0 spiro atoms. The van der Waals surface area contributed by atoms with Gasteiger partial charge in [0.1, 0.15) is 0 Å². The van der Waals surface area contributed by atoms with Crippen LogP contribution < -0.4 is 10.2 Å². The summed E-state index contributed by atoms with van der Waals surface area (Å²) in [5.74, 6) is -0.825. The molecule has 0 saturated heterocycles. The van der Waals surface area contributed by atoms with E-state index >= 15 is 0 Å². The Bertz CT molecular complexity index is 1650. The van der Waals surface area contributed by atoms with E-state index in [9.17, 15) is 18.0 Å². The lowest BCUT2D eigenvalue weighted by Gasteiger charge is -2.23. The molecule has 0 unspecified atom stereocenters. The minimum Gasteiger partial charge on any atom is -0.352 e. The molecule has 0 atom stereocenters. The van der Waals surface area contributed by atoms with E-state index in [2.05, 4.69) is 5.32 Å². The highest BCUT2D eigenvalue weighted by Gasteiger charge is 2.36. The number of hydrogen-bond acceptors (Lipinski definition) is 4. The number of halogens is 1. The maximum Gasteiger partial charge on any atom is 0.259 e. The summed E-state index contributed by atoms with van der Waals surface area (Å²) in [7, 11) is -4.02. The van der Waals surface area contributed by atoms with Crippen molar-refractivity contribution in [3.63, 3.8) is 0 Å². The molecule has 5 rings (SSSR count). The van der Waals surface area contributed by atoms with Gasteiger partial charge >= 0.3 is 0 Å². The van der Waals surface area contributed by atoms with Crippen molar-refractivity contribution in [3.8, 4) is 0 Å². The number of benzene rings is 4. The van der Waals surface area contributed by atoms with Crippen LogP contribution in [-0.4, -0.2) is 26.8 Å². The minimum absolute atomic E-state index is 0.0333. The highest BCUT2D eigenvalue weighted by Crippen LogP contribution is 2.38. The van der Waals surface area contributed by atoms with Crippen molar-refractivity contribution < 1.29 is 18.0 Å². The number of carbonyl (C=O) groups is 2. The topological polar surface area (TPSA) is 83.6 Å². The summed E-state index contributed by atoms with van der Waals surface area (Å²) in [6, 6.07) is 25.6. The molecule has 4 aromatic carbocycles. The average molecular weight is 545 g/mol. The Morgan fingerprint density at radius 3 is 2.39 bits per heavy atom. The van der Waals surface area contributed by atoms with Crippen LogP contribution in [0, 0.1) is 6.92 Å². The van der Waals surface area contributed by atoms with E-state index in [1.54, 1.807) is 30.3 Å². The maximum atomic E-state index is 13.7. The van der Waals surface area contributed by atoms with Crippen molar-refractivity contribution in [3.05, 3.63) is 124 Å². The highest BCUT2D eigenvalue weighted by atomic mass is 35.5. The highest BCUT2D eigenvalue weighted by molar-refractivity contribution is 7.91. The fourth-order valence-electron chi connectivity index (χ4n) is 4.50. The van der Waals surface area contributed by atoms with Gasteiger partial charge in [0.15, 0.2) is 0 Å². The Morgan fingerprint density at radius 1 is 0.868 bits per heavy atom. The number of anilines is 1. The molecular weight excluding hydrogens is 520 g/mol. The number of hydrogen-bond donors (Lipinski definition) is 1. The van der Waals surface area contributed by atoms with Crippen LogP contribution in [0.5, 0.6) is 0 Å². The van der Waals surface area contributed by atoms with E-state index in [0.29, 0.717) is 18.0 Å². The Balaban J connectivity index is 1.51. The molecule has 8 heteroatoms. The second-order valence-electron chi connectivity index (χ2n) is 9.19. The van der Waals surface area contributed by atoms with Crippen molar-refractivity contribution in [1.29, 1.82) is 0 Å². The number of rotatable bonds is 6. The van der Waals surface area contributed by atoms with Crippen molar-refractivity contribution in [2.75, 3.05) is 11.4 Å². The molecule has 1 aliphatic heterocycles. The first-order chi connectivity index (χ1) is 18.2. The number of amides is 2. The number of aryl methyl sites for hydroxylation is 1. The lowest BCUT2D eigenvalue weighted by atomic mass is 10.1. The van der Waals surface area contributed by atoms with Gasteiger partial charge in [-0.05, 0) is 66.9 Å². The zero-order valence-corrected chi connectivity index (χ0v) is 22.2. The van der Waals surface area contributed by atoms with E-state index in [1.807, 2.05) is 37.3 Å². The van der Waals surface area contributed by atoms with E-state index in [-0.39, 0.29) is 39.1 Å². The van der Waals surface area contributed by atoms with Gasteiger partial charge in [-0.2, -0.15) is 0 Å². The third-order valence-corrected chi connectivity index (χ3v) is 8.60. The summed E-state index contributed by atoms with van der Waals surface area (Å²) >= 11 is 6.17. The van der Waals surface area contributed by atoms with E-state index in [0.717, 1.165) is 16.7 Å². The lowest BCUT2D eigenvalue weighted by Crippen LogP contribution is -2.31. The number of fused-ring (bicyclic) bond motifs is 2. The molecule has 0 aromatic heterocycles. The molecule has 0 saturated carbocycles. The van der Waals surface area contributed by atoms with Crippen LogP contribution in [0.4, 0.5) is 5.69 Å². The monoisotopic (exact) mass is 544 g/mol. The molecule has 6 nitrogen and oxygen atoms in total. The van der Waals surface area contributed by atoms with Gasteiger partial charge in [-0.1, -0.05) is 65.7 Å². The van der Waals surface area contributed by atoms with Crippen LogP contribution in [0.2, 0.25) is 5.02 Å². The lowest BCUT2D eigenvalue weighted by molar-refractivity contribution is 0.0950. The molecular formula is C30H25ClN2O4S. The molecule has 0 aliphatic carbocycles. The number of nitrogens with zero attached hydrogens (tertiary/aromatic N) is 1. The Kier molecular flexibility index (Phi) is 7.06. The van der Waals surface area contributed by atoms with Gasteiger partial charge in [0.2, 0.25) is 9.84 Å². The van der Waals surface area contributed by atoms with E-state index < -0.39 is 15.7 Å². The third-order valence-electron chi connectivity index (χ3n) is 6.50. The van der Waals surface area contributed by atoms with Gasteiger partial charge < -0.3 is 10.2 Å². The van der Waals surface area contributed by atoms with Gasteiger partial charge in [0.05, 0.1) is 27.6 Å². The van der Waals surface area contributed by atoms with E-state index in [1.165, 1.54) is 35.2 Å². The minimum atomic E-state index is -4.02. The fourth-order valence-corrected chi connectivity index (χ4v) is 6.34. The van der Waals surface area contributed by atoms with Crippen LogP contribution in [0.3, 0.4) is 0 Å². The molecule has 1 N–H and O–H groups in total. The Morgan fingerprint density at radius 2 is 1.63 bits per heavy atom. The first kappa shape index (κ1) is 25.7. The molecule has 4 aromatic rings. The van der Waals surface area contributed by atoms with Gasteiger partial charge in [-0.25, -0.2) is 8.42 Å². The van der Waals surface area contributed by atoms with Gasteiger partial charge in [0, 0.05) is 17.1 Å². The van der Waals surface area contributed by atoms with Crippen LogP contribution in [-0.2, 0) is 22.8 Å². The summed E-state index contributed by atoms with van der Waals surface area (Å²) in [6.07, 6.45) is 0.653. The normalized spacial score (nSPS) is 13.8. The van der Waals surface area contributed by atoms with Gasteiger partial charge in [-0.3, -0.25) is 9.59 Å². The van der Waals surface area contributed by atoms with Crippen molar-refractivity contribution in [2.45, 2.75) is 29.7 Å².